The zero-order valence-corrected chi connectivity index (χ0v) is 9.09. The van der Waals surface area contributed by atoms with Crippen LogP contribution in [0.2, 0.25) is 0 Å². The summed E-state index contributed by atoms with van der Waals surface area (Å²) in [5, 5.41) is 11.6. The van der Waals surface area contributed by atoms with Gasteiger partial charge >= 0.3 is 5.97 Å². The van der Waals surface area contributed by atoms with Crippen LogP contribution in [0.3, 0.4) is 0 Å². The van der Waals surface area contributed by atoms with Crippen LogP contribution in [-0.2, 0) is 4.79 Å². The van der Waals surface area contributed by atoms with Gasteiger partial charge in [-0.25, -0.2) is 9.78 Å². The number of aromatic carboxylic acids is 1. The lowest BCUT2D eigenvalue weighted by molar-refractivity contribution is -0.119. The fraction of sp³-hybridized carbons (Fsp3) is 0.400. The maximum atomic E-state index is 11.4. The summed E-state index contributed by atoms with van der Waals surface area (Å²) in [5.41, 5.74) is -0.118. The molecular weight excluding hydrogens is 224 g/mol. The van der Waals surface area contributed by atoms with Gasteiger partial charge in [-0.1, -0.05) is 0 Å². The van der Waals surface area contributed by atoms with E-state index >= 15 is 0 Å². The number of hydrogen-bond donors (Lipinski definition) is 2. The Morgan fingerprint density at radius 2 is 2.29 bits per heavy atom. The van der Waals surface area contributed by atoms with Crippen molar-refractivity contribution in [2.75, 3.05) is 24.5 Å². The van der Waals surface area contributed by atoms with Crippen molar-refractivity contribution in [2.45, 2.75) is 6.42 Å². The Morgan fingerprint density at radius 3 is 3.06 bits per heavy atom. The zero-order valence-electron chi connectivity index (χ0n) is 9.09. The molecule has 1 fully saturated rings. The highest BCUT2D eigenvalue weighted by Gasteiger charge is 2.17. The molecule has 1 aliphatic heterocycles. The summed E-state index contributed by atoms with van der Waals surface area (Å²) in [6.45, 7) is 1.45. The number of amides is 1. The average Bonchev–Trinajstić information content (AvgIpc) is 2.54. The normalized spacial score (nSPS) is 16.2. The van der Waals surface area contributed by atoms with Crippen LogP contribution >= 0.6 is 0 Å². The van der Waals surface area contributed by atoms with E-state index in [2.05, 4.69) is 15.3 Å². The second kappa shape index (κ2) is 4.77. The molecule has 90 valence electrons. The summed E-state index contributed by atoms with van der Waals surface area (Å²) >= 11 is 0. The number of carbonyl (C=O) groups excluding carboxylic acids is 1. The quantitative estimate of drug-likeness (QED) is 0.718. The molecule has 0 aliphatic carbocycles. The summed E-state index contributed by atoms with van der Waals surface area (Å²) < 4.78 is 0. The topological polar surface area (TPSA) is 95.4 Å². The number of aromatic nitrogens is 2. The molecule has 2 N–H and O–H groups in total. The molecule has 0 unspecified atom stereocenters. The minimum Gasteiger partial charge on any atom is -0.476 e. The molecule has 1 aliphatic rings. The van der Waals surface area contributed by atoms with Crippen LogP contribution in [0.4, 0.5) is 5.82 Å². The van der Waals surface area contributed by atoms with Gasteiger partial charge in [0.05, 0.1) is 18.9 Å². The Balaban J connectivity index is 2.23. The van der Waals surface area contributed by atoms with Crippen LogP contribution < -0.4 is 10.2 Å². The minimum absolute atomic E-state index is 0.0926. The lowest BCUT2D eigenvalue weighted by atomic mass is 10.4. The van der Waals surface area contributed by atoms with Gasteiger partial charge < -0.3 is 15.3 Å². The van der Waals surface area contributed by atoms with E-state index in [1.54, 1.807) is 4.90 Å². The third-order valence-corrected chi connectivity index (χ3v) is 2.43. The number of nitrogens with zero attached hydrogens (tertiary/aromatic N) is 3. The molecular formula is C10H12N4O3. The molecule has 17 heavy (non-hydrogen) atoms. The van der Waals surface area contributed by atoms with E-state index in [1.165, 1.54) is 12.4 Å². The lowest BCUT2D eigenvalue weighted by Gasteiger charge is -2.19. The second-order valence-corrected chi connectivity index (χ2v) is 3.69. The van der Waals surface area contributed by atoms with E-state index in [0.717, 1.165) is 6.42 Å². The summed E-state index contributed by atoms with van der Waals surface area (Å²) in [5.74, 6) is -0.800. The molecule has 0 bridgehead atoms. The maximum Gasteiger partial charge on any atom is 0.356 e. The van der Waals surface area contributed by atoms with Gasteiger partial charge in [0.15, 0.2) is 5.69 Å². The van der Waals surface area contributed by atoms with Gasteiger partial charge in [-0.3, -0.25) is 9.78 Å². The maximum absolute atomic E-state index is 11.4. The minimum atomic E-state index is -1.13. The molecule has 0 aromatic carbocycles. The van der Waals surface area contributed by atoms with Crippen molar-refractivity contribution in [2.24, 2.45) is 0 Å². The molecule has 7 nitrogen and oxygen atoms in total. The van der Waals surface area contributed by atoms with Crippen LogP contribution in [0.15, 0.2) is 12.4 Å². The van der Waals surface area contributed by atoms with Crippen molar-refractivity contribution in [3.05, 3.63) is 18.1 Å². The third kappa shape index (κ3) is 2.68. The molecule has 0 spiro atoms. The molecule has 0 radical (unpaired) electrons. The Hall–Kier alpha value is -2.18. The standard InChI is InChI=1S/C10H12N4O3/c15-9-6-14(3-1-2-12-9)8-5-11-4-7(13-8)10(16)17/h4-5H,1-3,6H2,(H,12,15)(H,16,17). The predicted molar refractivity (Wildman–Crippen MR) is 58.8 cm³/mol. The fourth-order valence-corrected chi connectivity index (χ4v) is 1.61. The highest BCUT2D eigenvalue weighted by atomic mass is 16.4. The third-order valence-electron chi connectivity index (χ3n) is 2.43. The van der Waals surface area contributed by atoms with Gasteiger partial charge in [-0.2, -0.15) is 0 Å². The number of nitrogens with one attached hydrogen (secondary N) is 1. The van der Waals surface area contributed by atoms with Gasteiger partial charge in [-0.05, 0) is 6.42 Å². The van der Waals surface area contributed by atoms with Crippen LogP contribution in [0, 0.1) is 0 Å². The molecule has 1 aromatic heterocycles. The number of carboxylic acid groups (broad SMARTS) is 1. The first-order chi connectivity index (χ1) is 8.16. The summed E-state index contributed by atoms with van der Waals surface area (Å²) in [6.07, 6.45) is 3.44. The van der Waals surface area contributed by atoms with Crippen LogP contribution in [0.25, 0.3) is 0 Å². The number of hydrogen-bond acceptors (Lipinski definition) is 5. The highest BCUT2D eigenvalue weighted by Crippen LogP contribution is 2.11. The van der Waals surface area contributed by atoms with E-state index in [1.807, 2.05) is 0 Å². The van der Waals surface area contributed by atoms with Crippen molar-refractivity contribution in [1.29, 1.82) is 0 Å². The van der Waals surface area contributed by atoms with E-state index < -0.39 is 5.97 Å². The summed E-state index contributed by atoms with van der Waals surface area (Å²) in [7, 11) is 0. The zero-order chi connectivity index (χ0) is 12.3. The molecule has 1 amide bonds. The van der Waals surface area contributed by atoms with Crippen molar-refractivity contribution < 1.29 is 14.7 Å². The van der Waals surface area contributed by atoms with Crippen molar-refractivity contribution in [3.63, 3.8) is 0 Å². The molecule has 1 saturated heterocycles. The molecule has 0 atom stereocenters. The van der Waals surface area contributed by atoms with Gasteiger partial charge in [-0.15, -0.1) is 0 Å². The Kier molecular flexibility index (Phi) is 3.17. The number of anilines is 1. The largest absolute Gasteiger partial charge is 0.476 e. The summed E-state index contributed by atoms with van der Waals surface area (Å²) in [4.78, 5) is 31.6. The smallest absolute Gasteiger partial charge is 0.356 e. The second-order valence-electron chi connectivity index (χ2n) is 3.69. The molecule has 1 aromatic rings. The SMILES string of the molecule is O=C1CN(c2cncc(C(=O)O)n2)CCCN1. The number of rotatable bonds is 2. The number of carbonyl (C=O) groups is 2. The van der Waals surface area contributed by atoms with E-state index in [4.69, 9.17) is 5.11 Å². The molecule has 2 heterocycles. The van der Waals surface area contributed by atoms with Crippen LogP contribution in [0.5, 0.6) is 0 Å². The van der Waals surface area contributed by atoms with Gasteiger partial charge in [0, 0.05) is 13.1 Å². The van der Waals surface area contributed by atoms with Gasteiger partial charge in [0.25, 0.3) is 0 Å². The molecule has 2 rings (SSSR count). The first kappa shape index (κ1) is 11.3. The lowest BCUT2D eigenvalue weighted by Crippen LogP contribution is -2.33. The Labute approximate surface area is 97.5 Å². The van der Waals surface area contributed by atoms with Gasteiger partial charge in [0.2, 0.25) is 5.91 Å². The van der Waals surface area contributed by atoms with Gasteiger partial charge in [0.1, 0.15) is 5.82 Å². The first-order valence-electron chi connectivity index (χ1n) is 5.24. The predicted octanol–water partition coefficient (Wildman–Crippen LogP) is -0.499. The number of carboxylic acids is 1. The summed E-state index contributed by atoms with van der Waals surface area (Å²) in [6, 6.07) is 0. The van der Waals surface area contributed by atoms with Crippen molar-refractivity contribution in [1.82, 2.24) is 15.3 Å². The highest BCUT2D eigenvalue weighted by molar-refractivity contribution is 5.85. The van der Waals surface area contributed by atoms with E-state index in [-0.39, 0.29) is 18.1 Å². The van der Waals surface area contributed by atoms with Crippen LogP contribution in [0.1, 0.15) is 16.9 Å². The van der Waals surface area contributed by atoms with E-state index in [0.29, 0.717) is 18.9 Å². The monoisotopic (exact) mass is 236 g/mol. The average molecular weight is 236 g/mol. The fourth-order valence-electron chi connectivity index (χ4n) is 1.61. The van der Waals surface area contributed by atoms with E-state index in [9.17, 15) is 9.59 Å². The Morgan fingerprint density at radius 1 is 1.47 bits per heavy atom. The first-order valence-corrected chi connectivity index (χ1v) is 5.24. The van der Waals surface area contributed by atoms with Crippen LogP contribution in [-0.4, -0.2) is 46.6 Å². The van der Waals surface area contributed by atoms with Crippen molar-refractivity contribution in [3.8, 4) is 0 Å². The van der Waals surface area contributed by atoms with Crippen molar-refractivity contribution >= 4 is 17.7 Å². The molecule has 7 heteroatoms. The molecule has 0 saturated carbocycles. The Bertz CT molecular complexity index is 449.